The van der Waals surface area contributed by atoms with Gasteiger partial charge in [-0.3, -0.25) is 4.79 Å². The number of hydrogen-bond acceptors (Lipinski definition) is 2. The monoisotopic (exact) mass is 545 g/mol. The minimum atomic E-state index is 0. The molecule has 1 aliphatic rings. The number of anilines is 1. The molecule has 4 rings (SSSR count). The Hall–Kier alpha value is -2.55. The summed E-state index contributed by atoms with van der Waals surface area (Å²) in [6, 6.07) is 16.6. The van der Waals surface area contributed by atoms with Crippen molar-refractivity contribution in [2.75, 3.05) is 24.5 Å². The summed E-state index contributed by atoms with van der Waals surface area (Å²) in [5.74, 6) is 1.05. The summed E-state index contributed by atoms with van der Waals surface area (Å²) < 4.78 is 0. The largest absolute Gasteiger partial charge is 0.361 e. The van der Waals surface area contributed by atoms with Gasteiger partial charge in [0.25, 0.3) is 0 Å². The summed E-state index contributed by atoms with van der Waals surface area (Å²) in [7, 11) is 0. The van der Waals surface area contributed by atoms with Crippen LogP contribution in [0.3, 0.4) is 0 Å². The van der Waals surface area contributed by atoms with Gasteiger partial charge in [-0.15, -0.1) is 24.0 Å². The van der Waals surface area contributed by atoms with Crippen molar-refractivity contribution in [1.82, 2.24) is 15.6 Å². The second kappa shape index (κ2) is 11.9. The first-order chi connectivity index (χ1) is 15.2. The van der Waals surface area contributed by atoms with Gasteiger partial charge in [0, 0.05) is 48.8 Å². The number of nitrogens with zero attached hydrogens (tertiary/aromatic N) is 2. The third kappa shape index (κ3) is 6.03. The van der Waals surface area contributed by atoms with Crippen LogP contribution in [0.25, 0.3) is 10.9 Å². The van der Waals surface area contributed by atoms with Gasteiger partial charge in [0.15, 0.2) is 5.96 Å². The number of amides is 1. The minimum absolute atomic E-state index is 0. The zero-order chi connectivity index (χ0) is 21.5. The van der Waals surface area contributed by atoms with Gasteiger partial charge in [-0.2, -0.15) is 0 Å². The minimum Gasteiger partial charge on any atom is -0.361 e. The highest BCUT2D eigenvalue weighted by atomic mass is 127. The van der Waals surface area contributed by atoms with Crippen LogP contribution in [-0.2, 0) is 17.8 Å². The van der Waals surface area contributed by atoms with Crippen molar-refractivity contribution in [1.29, 1.82) is 0 Å². The van der Waals surface area contributed by atoms with Crippen LogP contribution >= 0.6 is 24.0 Å². The molecule has 1 aliphatic heterocycles. The average molecular weight is 545 g/mol. The number of para-hydroxylation sites is 1. The highest BCUT2D eigenvalue weighted by Crippen LogP contribution is 2.22. The molecular formula is C25H32IN5O. The summed E-state index contributed by atoms with van der Waals surface area (Å²) in [4.78, 5) is 21.8. The number of aliphatic imine (C=N–C) groups is 1. The number of benzene rings is 2. The number of halogens is 1. The molecule has 1 saturated heterocycles. The molecular weight excluding hydrogens is 513 g/mol. The van der Waals surface area contributed by atoms with Crippen molar-refractivity contribution in [3.63, 3.8) is 0 Å². The number of rotatable bonds is 8. The Bertz CT molecular complexity index is 1040. The second-order valence-corrected chi connectivity index (χ2v) is 7.90. The van der Waals surface area contributed by atoms with E-state index in [9.17, 15) is 4.79 Å². The predicted molar refractivity (Wildman–Crippen MR) is 143 cm³/mol. The average Bonchev–Trinajstić information content (AvgIpc) is 3.41. The molecule has 2 aromatic carbocycles. The van der Waals surface area contributed by atoms with E-state index in [0.29, 0.717) is 13.0 Å². The number of aromatic nitrogens is 1. The van der Waals surface area contributed by atoms with Gasteiger partial charge in [-0.1, -0.05) is 30.3 Å². The number of H-pyrrole nitrogens is 1. The summed E-state index contributed by atoms with van der Waals surface area (Å²) in [5.41, 5.74) is 4.67. The molecule has 32 heavy (non-hydrogen) atoms. The van der Waals surface area contributed by atoms with E-state index < -0.39 is 0 Å². The highest BCUT2D eigenvalue weighted by molar-refractivity contribution is 14.0. The summed E-state index contributed by atoms with van der Waals surface area (Å²) in [6.45, 7) is 5.19. The maximum atomic E-state index is 11.9. The van der Waals surface area contributed by atoms with E-state index in [1.807, 2.05) is 17.0 Å². The Balaban J connectivity index is 0.00000289. The molecule has 2 heterocycles. The number of hydrogen-bond donors (Lipinski definition) is 3. The highest BCUT2D eigenvalue weighted by Gasteiger charge is 2.21. The predicted octanol–water partition coefficient (Wildman–Crippen LogP) is 4.60. The molecule has 0 saturated carbocycles. The lowest BCUT2D eigenvalue weighted by molar-refractivity contribution is -0.117. The van der Waals surface area contributed by atoms with Crippen LogP contribution in [0.15, 0.2) is 59.7 Å². The van der Waals surface area contributed by atoms with Crippen LogP contribution in [-0.4, -0.2) is 36.5 Å². The van der Waals surface area contributed by atoms with Crippen molar-refractivity contribution in [2.24, 2.45) is 4.99 Å². The van der Waals surface area contributed by atoms with E-state index in [1.54, 1.807) is 0 Å². The molecule has 0 aliphatic carbocycles. The Labute approximate surface area is 206 Å². The number of nitrogens with one attached hydrogen (secondary N) is 3. The van der Waals surface area contributed by atoms with Crippen LogP contribution in [0, 0.1) is 0 Å². The summed E-state index contributed by atoms with van der Waals surface area (Å²) >= 11 is 0. The van der Waals surface area contributed by atoms with Crippen LogP contribution in [0.2, 0.25) is 0 Å². The molecule has 6 nitrogen and oxygen atoms in total. The molecule has 1 amide bonds. The normalized spacial score (nSPS) is 14.0. The van der Waals surface area contributed by atoms with Crippen LogP contribution in [0.4, 0.5) is 5.69 Å². The Morgan fingerprint density at radius 3 is 2.69 bits per heavy atom. The van der Waals surface area contributed by atoms with Crippen molar-refractivity contribution >= 4 is 52.4 Å². The number of aromatic amines is 1. The van der Waals surface area contributed by atoms with E-state index in [-0.39, 0.29) is 29.9 Å². The van der Waals surface area contributed by atoms with E-state index in [4.69, 9.17) is 4.99 Å². The van der Waals surface area contributed by atoms with Crippen molar-refractivity contribution in [3.05, 3.63) is 65.9 Å². The van der Waals surface area contributed by atoms with Gasteiger partial charge in [0.2, 0.25) is 5.91 Å². The Morgan fingerprint density at radius 1 is 1.12 bits per heavy atom. The molecule has 0 radical (unpaired) electrons. The lowest BCUT2D eigenvalue weighted by atomic mass is 10.1. The van der Waals surface area contributed by atoms with E-state index in [2.05, 4.69) is 65.1 Å². The topological polar surface area (TPSA) is 72.5 Å². The fraction of sp³-hybridized carbons (Fsp3) is 0.360. The number of fused-ring (bicyclic) bond motifs is 1. The van der Waals surface area contributed by atoms with Crippen molar-refractivity contribution in [2.45, 2.75) is 39.2 Å². The first-order valence-corrected chi connectivity index (χ1v) is 11.2. The zero-order valence-electron chi connectivity index (χ0n) is 18.6. The second-order valence-electron chi connectivity index (χ2n) is 7.90. The van der Waals surface area contributed by atoms with Crippen LogP contribution in [0.5, 0.6) is 0 Å². The van der Waals surface area contributed by atoms with Crippen molar-refractivity contribution < 1.29 is 4.79 Å². The van der Waals surface area contributed by atoms with E-state index in [1.165, 1.54) is 16.5 Å². The molecule has 7 heteroatoms. The molecule has 1 fully saturated rings. The maximum Gasteiger partial charge on any atom is 0.227 e. The maximum absolute atomic E-state index is 11.9. The molecule has 0 unspecified atom stereocenters. The molecule has 3 aromatic rings. The zero-order valence-corrected chi connectivity index (χ0v) is 20.9. The Kier molecular flexibility index (Phi) is 8.96. The van der Waals surface area contributed by atoms with Crippen LogP contribution in [0.1, 0.15) is 37.3 Å². The summed E-state index contributed by atoms with van der Waals surface area (Å²) in [6.07, 6.45) is 5.77. The van der Waals surface area contributed by atoms with E-state index in [0.717, 1.165) is 56.1 Å². The van der Waals surface area contributed by atoms with E-state index >= 15 is 0 Å². The molecule has 3 N–H and O–H groups in total. The first kappa shape index (κ1) is 24.1. The molecule has 0 bridgehead atoms. The molecule has 1 aromatic heterocycles. The lowest BCUT2D eigenvalue weighted by Gasteiger charge is -2.16. The number of guanidine groups is 1. The van der Waals surface area contributed by atoms with Gasteiger partial charge in [0.1, 0.15) is 0 Å². The fourth-order valence-electron chi connectivity index (χ4n) is 4.04. The third-order valence-electron chi connectivity index (χ3n) is 5.68. The van der Waals surface area contributed by atoms with Gasteiger partial charge in [0.05, 0.1) is 6.54 Å². The van der Waals surface area contributed by atoms with Gasteiger partial charge < -0.3 is 20.5 Å². The number of carbonyl (C=O) groups is 1. The van der Waals surface area contributed by atoms with Gasteiger partial charge >= 0.3 is 0 Å². The quantitative estimate of drug-likeness (QED) is 0.168. The number of carbonyl (C=O) groups excluding carboxylic acids is 1. The van der Waals surface area contributed by atoms with Gasteiger partial charge in [-0.05, 0) is 55.5 Å². The van der Waals surface area contributed by atoms with Crippen molar-refractivity contribution in [3.8, 4) is 0 Å². The molecule has 170 valence electrons. The SMILES string of the molecule is CCNC(=NCc1ccc(N2CCCC2=O)cc1)NCCCc1c[nH]c2ccccc12.I. The lowest BCUT2D eigenvalue weighted by Crippen LogP contribution is -2.37. The van der Waals surface area contributed by atoms with Gasteiger partial charge in [-0.25, -0.2) is 4.99 Å². The Morgan fingerprint density at radius 2 is 1.94 bits per heavy atom. The molecule has 0 atom stereocenters. The van der Waals surface area contributed by atoms with Crippen LogP contribution < -0.4 is 15.5 Å². The summed E-state index contributed by atoms with van der Waals surface area (Å²) in [5, 5.41) is 8.06. The standard InChI is InChI=1S/C25H31N5O.HI/c1-2-26-25(27-15-5-7-20-18-28-23-9-4-3-8-22(20)23)29-17-19-11-13-21(14-12-19)30-16-6-10-24(30)31;/h3-4,8-9,11-14,18,28H,2,5-7,10,15-17H2,1H3,(H2,26,27,29);1H. The fourth-order valence-corrected chi connectivity index (χ4v) is 4.04. The molecule has 0 spiro atoms. The smallest absolute Gasteiger partial charge is 0.227 e. The number of aryl methyl sites for hydroxylation is 1. The third-order valence-corrected chi connectivity index (χ3v) is 5.68. The first-order valence-electron chi connectivity index (χ1n) is 11.2.